The fourth-order valence-corrected chi connectivity index (χ4v) is 6.33. The lowest BCUT2D eigenvalue weighted by Gasteiger charge is -2.37. The number of ketones is 1. The summed E-state index contributed by atoms with van der Waals surface area (Å²) in [4.78, 5) is 41.7. The molecule has 35 heavy (non-hydrogen) atoms. The van der Waals surface area contributed by atoms with E-state index < -0.39 is 39.5 Å². The van der Waals surface area contributed by atoms with Crippen LogP contribution in [0.4, 0.5) is 0 Å². The summed E-state index contributed by atoms with van der Waals surface area (Å²) in [6.45, 7) is 9.86. The zero-order chi connectivity index (χ0) is 26.1. The van der Waals surface area contributed by atoms with Crippen molar-refractivity contribution in [1.29, 1.82) is 0 Å². The zero-order valence-electron chi connectivity index (χ0n) is 21.7. The fourth-order valence-electron chi connectivity index (χ4n) is 5.18. The second-order valence-electron chi connectivity index (χ2n) is 11.1. The van der Waals surface area contributed by atoms with Gasteiger partial charge in [0.15, 0.2) is 0 Å². The maximum Gasteiger partial charge on any atom is 0.246 e. The molecule has 1 aromatic rings. The number of hydrogen-bond donors (Lipinski definition) is 1. The van der Waals surface area contributed by atoms with E-state index in [1.165, 1.54) is 4.31 Å². The molecule has 0 spiro atoms. The van der Waals surface area contributed by atoms with Crippen LogP contribution in [-0.4, -0.2) is 72.7 Å². The molecule has 0 unspecified atom stereocenters. The highest BCUT2D eigenvalue weighted by Gasteiger charge is 2.56. The van der Waals surface area contributed by atoms with Gasteiger partial charge in [-0.05, 0) is 23.8 Å². The van der Waals surface area contributed by atoms with Crippen molar-refractivity contribution in [3.8, 4) is 0 Å². The minimum Gasteiger partial charge on any atom is -0.344 e. The number of carbonyl (C=O) groups excluding carboxylic acids is 3. The van der Waals surface area contributed by atoms with Crippen LogP contribution in [0.5, 0.6) is 0 Å². The van der Waals surface area contributed by atoms with E-state index in [9.17, 15) is 22.8 Å². The number of amides is 2. The topological polar surface area (TPSA) is 104 Å². The highest BCUT2D eigenvalue weighted by Crippen LogP contribution is 2.39. The molecule has 3 rings (SSSR count). The molecule has 9 heteroatoms. The second kappa shape index (κ2) is 10.4. The largest absolute Gasteiger partial charge is 0.344 e. The van der Waals surface area contributed by atoms with E-state index in [0.717, 1.165) is 11.8 Å². The summed E-state index contributed by atoms with van der Waals surface area (Å²) in [7, 11) is -3.55. The molecule has 5 atom stereocenters. The minimum atomic E-state index is -3.55. The van der Waals surface area contributed by atoms with Crippen LogP contribution in [0.1, 0.15) is 53.0 Å². The Hall–Kier alpha value is -2.26. The van der Waals surface area contributed by atoms with Gasteiger partial charge in [0.05, 0.1) is 18.2 Å². The molecule has 2 fully saturated rings. The average Bonchev–Trinajstić information content (AvgIpc) is 3.36. The summed E-state index contributed by atoms with van der Waals surface area (Å²) >= 11 is 0. The Bertz CT molecular complexity index is 1050. The first-order valence-corrected chi connectivity index (χ1v) is 14.2. The number of sulfonamides is 1. The molecule has 0 aliphatic carbocycles. The molecule has 2 aliphatic heterocycles. The van der Waals surface area contributed by atoms with Crippen molar-refractivity contribution in [2.45, 2.75) is 72.0 Å². The van der Waals surface area contributed by atoms with Crippen molar-refractivity contribution in [2.75, 3.05) is 19.3 Å². The minimum absolute atomic E-state index is 0.0724. The smallest absolute Gasteiger partial charge is 0.246 e. The third-order valence-electron chi connectivity index (χ3n) is 7.38. The molecule has 0 bridgehead atoms. The van der Waals surface area contributed by atoms with Crippen LogP contribution in [0.2, 0.25) is 0 Å². The van der Waals surface area contributed by atoms with Crippen LogP contribution in [0.15, 0.2) is 30.3 Å². The Morgan fingerprint density at radius 3 is 2.31 bits per heavy atom. The maximum atomic E-state index is 13.9. The van der Waals surface area contributed by atoms with Gasteiger partial charge in [-0.25, -0.2) is 8.42 Å². The molecule has 1 N–H and O–H groups in total. The number of carbonyl (C=O) groups is 3. The predicted molar refractivity (Wildman–Crippen MR) is 135 cm³/mol. The number of fused-ring (bicyclic) bond motifs is 1. The Morgan fingerprint density at radius 2 is 1.77 bits per heavy atom. The highest BCUT2D eigenvalue weighted by molar-refractivity contribution is 7.88. The van der Waals surface area contributed by atoms with Crippen LogP contribution in [0.3, 0.4) is 0 Å². The zero-order valence-corrected chi connectivity index (χ0v) is 22.5. The van der Waals surface area contributed by atoms with E-state index in [2.05, 4.69) is 5.32 Å². The number of hydrogen-bond acceptors (Lipinski definition) is 5. The van der Waals surface area contributed by atoms with Crippen LogP contribution < -0.4 is 5.32 Å². The van der Waals surface area contributed by atoms with Crippen molar-refractivity contribution in [1.82, 2.24) is 14.5 Å². The number of likely N-dealkylation sites (tertiary alicyclic amines) is 1. The van der Waals surface area contributed by atoms with Gasteiger partial charge in [0.25, 0.3) is 0 Å². The van der Waals surface area contributed by atoms with E-state index in [-0.39, 0.29) is 36.5 Å². The quantitative estimate of drug-likeness (QED) is 0.584. The van der Waals surface area contributed by atoms with Gasteiger partial charge in [0, 0.05) is 31.5 Å². The molecule has 2 saturated heterocycles. The first kappa shape index (κ1) is 27.3. The van der Waals surface area contributed by atoms with Crippen LogP contribution in [-0.2, 0) is 30.8 Å². The van der Waals surface area contributed by atoms with Crippen LogP contribution >= 0.6 is 0 Å². The molecule has 2 heterocycles. The molecule has 2 aliphatic rings. The third kappa shape index (κ3) is 5.94. The van der Waals surface area contributed by atoms with Gasteiger partial charge in [0.2, 0.25) is 21.8 Å². The van der Waals surface area contributed by atoms with E-state index in [4.69, 9.17) is 0 Å². The lowest BCUT2D eigenvalue weighted by atomic mass is 9.84. The molecular weight excluding hydrogens is 466 g/mol. The van der Waals surface area contributed by atoms with E-state index >= 15 is 0 Å². The molecule has 1 aromatic carbocycles. The molecule has 194 valence electrons. The van der Waals surface area contributed by atoms with Crippen molar-refractivity contribution in [3.05, 3.63) is 35.9 Å². The summed E-state index contributed by atoms with van der Waals surface area (Å²) in [6.07, 6.45) is 2.46. The lowest BCUT2D eigenvalue weighted by molar-refractivity contribution is -0.142. The van der Waals surface area contributed by atoms with Crippen LogP contribution in [0, 0.1) is 17.3 Å². The number of nitrogens with zero attached hydrogens (tertiary/aromatic N) is 2. The average molecular weight is 506 g/mol. The van der Waals surface area contributed by atoms with E-state index in [1.807, 2.05) is 65.0 Å². The Morgan fingerprint density at radius 1 is 1.14 bits per heavy atom. The van der Waals surface area contributed by atoms with E-state index in [1.54, 1.807) is 4.90 Å². The Labute approximate surface area is 209 Å². The van der Waals surface area contributed by atoms with Gasteiger partial charge >= 0.3 is 0 Å². The molecule has 8 nitrogen and oxygen atoms in total. The second-order valence-corrected chi connectivity index (χ2v) is 13.0. The molecule has 2 amide bonds. The maximum absolute atomic E-state index is 13.9. The van der Waals surface area contributed by atoms with Crippen molar-refractivity contribution in [2.24, 2.45) is 17.3 Å². The number of Topliss-reactive ketones (excluding diaryl/α,β-unsaturated/α-hetero) is 1. The Kier molecular flexibility index (Phi) is 8.11. The van der Waals surface area contributed by atoms with Crippen molar-refractivity contribution in [3.63, 3.8) is 0 Å². The van der Waals surface area contributed by atoms with Crippen molar-refractivity contribution >= 4 is 27.6 Å². The first-order chi connectivity index (χ1) is 16.3. The monoisotopic (exact) mass is 505 g/mol. The number of benzene rings is 1. The normalized spacial score (nSPS) is 24.6. The lowest BCUT2D eigenvalue weighted by Crippen LogP contribution is -2.58. The van der Waals surface area contributed by atoms with E-state index in [0.29, 0.717) is 19.4 Å². The SMILES string of the molecule is CC[C@@H](C)C(=O)N[C@H](C(=O)N1CC[C@@H]2[C@H]1[C@@H](C(=O)Cc1ccccc1)CN2S(C)(=O)=O)C(C)(C)C. The van der Waals surface area contributed by atoms with Crippen LogP contribution in [0.25, 0.3) is 0 Å². The number of nitrogens with one attached hydrogen (secondary N) is 1. The fraction of sp³-hybridized carbons (Fsp3) is 0.654. The summed E-state index contributed by atoms with van der Waals surface area (Å²) < 4.78 is 26.6. The van der Waals surface area contributed by atoms with Gasteiger partial charge in [-0.1, -0.05) is 65.0 Å². The highest BCUT2D eigenvalue weighted by atomic mass is 32.2. The first-order valence-electron chi connectivity index (χ1n) is 12.4. The van der Waals surface area contributed by atoms with Gasteiger partial charge in [0.1, 0.15) is 11.8 Å². The van der Waals surface area contributed by atoms with Gasteiger partial charge in [-0.15, -0.1) is 0 Å². The van der Waals surface area contributed by atoms with Gasteiger partial charge in [-0.3, -0.25) is 14.4 Å². The summed E-state index contributed by atoms with van der Waals surface area (Å²) in [6, 6.07) is 7.59. The Balaban J connectivity index is 1.92. The molecule has 0 radical (unpaired) electrons. The summed E-state index contributed by atoms with van der Waals surface area (Å²) in [5, 5.41) is 2.94. The van der Waals surface area contributed by atoms with Crippen molar-refractivity contribution < 1.29 is 22.8 Å². The molecule has 0 aromatic heterocycles. The molecule has 0 saturated carbocycles. The molecular formula is C26H39N3O5S. The van der Waals surface area contributed by atoms with Gasteiger partial charge < -0.3 is 10.2 Å². The predicted octanol–water partition coefficient (Wildman–Crippen LogP) is 2.24. The number of rotatable bonds is 8. The summed E-state index contributed by atoms with van der Waals surface area (Å²) in [5.74, 6) is -1.36. The summed E-state index contributed by atoms with van der Waals surface area (Å²) in [5.41, 5.74) is 0.299. The van der Waals surface area contributed by atoms with Gasteiger partial charge in [-0.2, -0.15) is 4.31 Å². The standard InChI is InChI=1S/C26H39N3O5S/c1-7-17(2)24(31)27-23(26(3,4)5)25(32)28-14-13-20-22(28)19(16-29(20)35(6,33)34)21(30)15-18-11-9-8-10-12-18/h8-12,17,19-20,22-23H,7,13-16H2,1-6H3,(H,27,31)/t17-,19-,20-,22-,23-/m1/s1. The third-order valence-corrected chi connectivity index (χ3v) is 8.65.